The van der Waals surface area contributed by atoms with E-state index in [0.717, 1.165) is 26.2 Å². The van der Waals surface area contributed by atoms with Crippen molar-refractivity contribution in [2.45, 2.75) is 32.5 Å². The zero-order chi connectivity index (χ0) is 13.1. The minimum Gasteiger partial charge on any atom is -0.329 e. The van der Waals surface area contributed by atoms with E-state index in [1.807, 2.05) is 0 Å². The average molecular weight is 247 g/mol. The molecule has 2 rings (SSSR count). The van der Waals surface area contributed by atoms with Crippen molar-refractivity contribution in [2.75, 3.05) is 26.7 Å². The van der Waals surface area contributed by atoms with Crippen LogP contribution in [0.5, 0.6) is 0 Å². The van der Waals surface area contributed by atoms with E-state index < -0.39 is 0 Å². The number of nitrogens with zero attached hydrogens (tertiary/aromatic N) is 2. The molecule has 18 heavy (non-hydrogen) atoms. The molecule has 0 aliphatic carbocycles. The normalized spacial score (nSPS) is 26.4. The van der Waals surface area contributed by atoms with Crippen LogP contribution >= 0.6 is 0 Å². The summed E-state index contributed by atoms with van der Waals surface area (Å²) >= 11 is 0. The Balaban J connectivity index is 2.08. The molecule has 0 aromatic heterocycles. The van der Waals surface area contributed by atoms with Crippen LogP contribution in [0.25, 0.3) is 0 Å². The third-order valence-electron chi connectivity index (χ3n) is 3.89. The quantitative estimate of drug-likeness (QED) is 0.877. The summed E-state index contributed by atoms with van der Waals surface area (Å²) in [7, 11) is 2.18. The Kier molecular flexibility index (Phi) is 4.38. The Hall–Kier alpha value is -0.900. The van der Waals surface area contributed by atoms with Gasteiger partial charge in [-0.2, -0.15) is 0 Å². The lowest BCUT2D eigenvalue weighted by Crippen LogP contribution is -2.58. The van der Waals surface area contributed by atoms with Gasteiger partial charge in [0.2, 0.25) is 0 Å². The van der Waals surface area contributed by atoms with Crippen LogP contribution < -0.4 is 5.73 Å². The van der Waals surface area contributed by atoms with Crippen LogP contribution in [0, 0.1) is 6.92 Å². The maximum atomic E-state index is 5.93. The fraction of sp³-hybridized carbons (Fsp3) is 0.600. The second-order valence-corrected chi connectivity index (χ2v) is 5.62. The van der Waals surface area contributed by atoms with Gasteiger partial charge in [0.25, 0.3) is 0 Å². The van der Waals surface area contributed by atoms with Crippen LogP contribution in [0.3, 0.4) is 0 Å². The number of aryl methyl sites for hydroxylation is 1. The van der Waals surface area contributed by atoms with Gasteiger partial charge in [-0.3, -0.25) is 4.90 Å². The molecule has 1 heterocycles. The summed E-state index contributed by atoms with van der Waals surface area (Å²) in [6.45, 7) is 8.38. The summed E-state index contributed by atoms with van der Waals surface area (Å²) in [6, 6.07) is 9.88. The summed E-state index contributed by atoms with van der Waals surface area (Å²) < 4.78 is 0. The van der Waals surface area contributed by atoms with Crippen molar-refractivity contribution < 1.29 is 0 Å². The summed E-state index contributed by atoms with van der Waals surface area (Å²) in [6.07, 6.45) is 0. The molecule has 2 atom stereocenters. The van der Waals surface area contributed by atoms with Gasteiger partial charge in [-0.05, 0) is 26.5 Å². The van der Waals surface area contributed by atoms with E-state index in [9.17, 15) is 0 Å². The molecule has 1 aromatic carbocycles. The lowest BCUT2D eigenvalue weighted by atomic mass is 10.0. The van der Waals surface area contributed by atoms with Gasteiger partial charge in [0.15, 0.2) is 0 Å². The van der Waals surface area contributed by atoms with Crippen molar-refractivity contribution >= 4 is 0 Å². The van der Waals surface area contributed by atoms with Gasteiger partial charge in [0.1, 0.15) is 0 Å². The minimum absolute atomic E-state index is 0.472. The van der Waals surface area contributed by atoms with E-state index in [4.69, 9.17) is 5.73 Å². The number of benzene rings is 1. The molecule has 1 aliphatic heterocycles. The molecule has 3 heteroatoms. The van der Waals surface area contributed by atoms with Gasteiger partial charge in [0, 0.05) is 38.3 Å². The van der Waals surface area contributed by atoms with Crippen molar-refractivity contribution in [1.29, 1.82) is 0 Å². The van der Waals surface area contributed by atoms with Gasteiger partial charge >= 0.3 is 0 Å². The van der Waals surface area contributed by atoms with Crippen LogP contribution in [0.1, 0.15) is 18.1 Å². The van der Waals surface area contributed by atoms with Gasteiger partial charge in [-0.25, -0.2) is 0 Å². The highest BCUT2D eigenvalue weighted by Crippen LogP contribution is 2.18. The molecule has 1 aromatic rings. The third kappa shape index (κ3) is 3.10. The Morgan fingerprint density at radius 2 is 1.89 bits per heavy atom. The van der Waals surface area contributed by atoms with Crippen LogP contribution in [-0.2, 0) is 6.54 Å². The summed E-state index contributed by atoms with van der Waals surface area (Å²) in [5.74, 6) is 0. The van der Waals surface area contributed by atoms with E-state index >= 15 is 0 Å². The van der Waals surface area contributed by atoms with Crippen LogP contribution in [-0.4, -0.2) is 48.6 Å². The molecule has 1 saturated heterocycles. The van der Waals surface area contributed by atoms with E-state index in [1.54, 1.807) is 0 Å². The first-order chi connectivity index (χ1) is 8.60. The number of nitrogens with two attached hydrogens (primary N) is 1. The molecular formula is C15H25N3. The Bertz CT molecular complexity index is 374. The maximum absolute atomic E-state index is 5.93. The van der Waals surface area contributed by atoms with Crippen molar-refractivity contribution in [2.24, 2.45) is 5.73 Å². The summed E-state index contributed by atoms with van der Waals surface area (Å²) in [4.78, 5) is 4.93. The number of likely N-dealkylation sites (N-methyl/N-ethyl adjacent to an activating group) is 1. The standard InChI is InChI=1S/C15H25N3/c1-12-4-6-14(7-5-12)10-18-13(2)9-17(3)11-15(18)8-16/h4-7,13,15H,8-11,16H2,1-3H3. The van der Waals surface area contributed by atoms with Gasteiger partial charge in [0.05, 0.1) is 0 Å². The Morgan fingerprint density at radius 1 is 1.22 bits per heavy atom. The molecule has 3 nitrogen and oxygen atoms in total. The Labute approximate surface area is 111 Å². The molecule has 0 spiro atoms. The first-order valence-corrected chi connectivity index (χ1v) is 6.80. The topological polar surface area (TPSA) is 32.5 Å². The molecule has 100 valence electrons. The zero-order valence-electron chi connectivity index (χ0n) is 11.8. The number of hydrogen-bond donors (Lipinski definition) is 1. The maximum Gasteiger partial charge on any atom is 0.0352 e. The molecular weight excluding hydrogens is 222 g/mol. The van der Waals surface area contributed by atoms with Crippen molar-refractivity contribution in [3.8, 4) is 0 Å². The lowest BCUT2D eigenvalue weighted by molar-refractivity contribution is 0.0411. The van der Waals surface area contributed by atoms with Crippen molar-refractivity contribution in [1.82, 2.24) is 9.80 Å². The molecule has 1 aliphatic rings. The minimum atomic E-state index is 0.472. The molecule has 2 N–H and O–H groups in total. The van der Waals surface area contributed by atoms with Crippen LogP contribution in [0.15, 0.2) is 24.3 Å². The average Bonchev–Trinajstić information content (AvgIpc) is 2.34. The number of rotatable bonds is 3. The second kappa shape index (κ2) is 5.83. The first-order valence-electron chi connectivity index (χ1n) is 6.80. The molecule has 0 radical (unpaired) electrons. The largest absolute Gasteiger partial charge is 0.329 e. The smallest absolute Gasteiger partial charge is 0.0352 e. The number of piperazine rings is 1. The highest BCUT2D eigenvalue weighted by molar-refractivity contribution is 5.21. The fourth-order valence-corrected chi connectivity index (χ4v) is 2.85. The van der Waals surface area contributed by atoms with Gasteiger partial charge < -0.3 is 10.6 Å². The predicted octanol–water partition coefficient (Wildman–Crippen LogP) is 1.46. The fourth-order valence-electron chi connectivity index (χ4n) is 2.85. The lowest BCUT2D eigenvalue weighted by Gasteiger charge is -2.44. The van der Waals surface area contributed by atoms with Crippen molar-refractivity contribution in [3.63, 3.8) is 0 Å². The van der Waals surface area contributed by atoms with E-state index in [2.05, 4.69) is 55.0 Å². The SMILES string of the molecule is Cc1ccc(CN2C(C)CN(C)CC2CN)cc1. The van der Waals surface area contributed by atoms with Crippen LogP contribution in [0.4, 0.5) is 0 Å². The van der Waals surface area contributed by atoms with E-state index in [-0.39, 0.29) is 0 Å². The van der Waals surface area contributed by atoms with E-state index in [0.29, 0.717) is 12.1 Å². The van der Waals surface area contributed by atoms with Crippen molar-refractivity contribution in [3.05, 3.63) is 35.4 Å². The monoisotopic (exact) mass is 247 g/mol. The van der Waals surface area contributed by atoms with Crippen LogP contribution in [0.2, 0.25) is 0 Å². The predicted molar refractivity (Wildman–Crippen MR) is 76.5 cm³/mol. The Morgan fingerprint density at radius 3 is 2.50 bits per heavy atom. The third-order valence-corrected chi connectivity index (χ3v) is 3.89. The molecule has 0 saturated carbocycles. The van der Waals surface area contributed by atoms with Gasteiger partial charge in [-0.1, -0.05) is 29.8 Å². The highest BCUT2D eigenvalue weighted by atomic mass is 15.3. The molecule has 1 fully saturated rings. The summed E-state index contributed by atoms with van der Waals surface area (Å²) in [5.41, 5.74) is 8.63. The highest BCUT2D eigenvalue weighted by Gasteiger charge is 2.29. The molecule has 0 bridgehead atoms. The summed E-state index contributed by atoms with van der Waals surface area (Å²) in [5, 5.41) is 0. The zero-order valence-corrected chi connectivity index (χ0v) is 11.8. The number of hydrogen-bond acceptors (Lipinski definition) is 3. The van der Waals surface area contributed by atoms with E-state index in [1.165, 1.54) is 11.1 Å². The molecule has 2 unspecified atom stereocenters. The molecule has 0 amide bonds. The second-order valence-electron chi connectivity index (χ2n) is 5.62. The first kappa shape index (κ1) is 13.5. The van der Waals surface area contributed by atoms with Gasteiger partial charge in [-0.15, -0.1) is 0 Å².